The normalized spacial score (nSPS) is 10.3. The Morgan fingerprint density at radius 3 is 2.32 bits per heavy atom. The van der Waals surface area contributed by atoms with Gasteiger partial charge in [-0.25, -0.2) is 4.98 Å². The first-order chi connectivity index (χ1) is 10.6. The molecule has 4 N–H and O–H groups in total. The van der Waals surface area contributed by atoms with Crippen molar-refractivity contribution in [2.45, 2.75) is 12.8 Å². The molecular formula is C16H20N4O2. The van der Waals surface area contributed by atoms with E-state index in [1.165, 1.54) is 0 Å². The van der Waals surface area contributed by atoms with E-state index < -0.39 is 0 Å². The summed E-state index contributed by atoms with van der Waals surface area (Å²) in [5.74, 6) is 2.05. The Labute approximate surface area is 129 Å². The molecule has 0 saturated carbocycles. The fourth-order valence-corrected chi connectivity index (χ4v) is 2.28. The molecule has 0 aliphatic heterocycles. The number of methoxy groups -OCH3 is 2. The molecule has 0 fully saturated rings. The molecule has 1 heterocycles. The second-order valence-electron chi connectivity index (χ2n) is 4.79. The zero-order chi connectivity index (χ0) is 16.1. The number of rotatable bonds is 6. The Morgan fingerprint density at radius 2 is 1.82 bits per heavy atom. The number of anilines is 2. The highest BCUT2D eigenvalue weighted by Gasteiger charge is 2.13. The summed E-state index contributed by atoms with van der Waals surface area (Å²) < 4.78 is 10.9. The fourth-order valence-electron chi connectivity index (χ4n) is 2.28. The van der Waals surface area contributed by atoms with Crippen molar-refractivity contribution in [1.82, 2.24) is 9.97 Å². The van der Waals surface area contributed by atoms with E-state index in [4.69, 9.17) is 20.9 Å². The van der Waals surface area contributed by atoms with Gasteiger partial charge in [0.25, 0.3) is 0 Å². The molecule has 0 unspecified atom stereocenters. The average molecular weight is 300 g/mol. The van der Waals surface area contributed by atoms with Gasteiger partial charge in [-0.1, -0.05) is 6.08 Å². The lowest BCUT2D eigenvalue weighted by Crippen LogP contribution is -2.05. The van der Waals surface area contributed by atoms with Crippen LogP contribution in [0, 0.1) is 0 Å². The summed E-state index contributed by atoms with van der Waals surface area (Å²) in [6.07, 6.45) is 4.67. The number of benzene rings is 1. The van der Waals surface area contributed by atoms with Crippen molar-refractivity contribution in [3.05, 3.63) is 47.7 Å². The van der Waals surface area contributed by atoms with Gasteiger partial charge >= 0.3 is 0 Å². The maximum absolute atomic E-state index is 5.88. The summed E-state index contributed by atoms with van der Waals surface area (Å²) in [6, 6.07) is 3.91. The SMILES string of the molecule is C=CCc1c(OC)cc(Cc2cnc(N)nc2N)cc1OC. The monoisotopic (exact) mass is 300 g/mol. The highest BCUT2D eigenvalue weighted by molar-refractivity contribution is 5.51. The van der Waals surface area contributed by atoms with Crippen LogP contribution in [0.15, 0.2) is 31.0 Å². The van der Waals surface area contributed by atoms with E-state index in [-0.39, 0.29) is 5.95 Å². The Kier molecular flexibility index (Phi) is 4.83. The van der Waals surface area contributed by atoms with E-state index in [0.29, 0.717) is 18.7 Å². The Hall–Kier alpha value is -2.76. The van der Waals surface area contributed by atoms with E-state index in [1.54, 1.807) is 20.4 Å². The molecule has 2 rings (SSSR count). The van der Waals surface area contributed by atoms with Crippen LogP contribution in [0.25, 0.3) is 0 Å². The van der Waals surface area contributed by atoms with Crippen molar-refractivity contribution in [2.24, 2.45) is 0 Å². The van der Waals surface area contributed by atoms with Gasteiger partial charge in [0, 0.05) is 23.7 Å². The van der Waals surface area contributed by atoms with Crippen LogP contribution in [-0.4, -0.2) is 24.2 Å². The second-order valence-corrected chi connectivity index (χ2v) is 4.79. The molecule has 0 aliphatic rings. The van der Waals surface area contributed by atoms with Crippen LogP contribution in [0.4, 0.5) is 11.8 Å². The van der Waals surface area contributed by atoms with E-state index in [9.17, 15) is 0 Å². The number of aromatic nitrogens is 2. The third-order valence-electron chi connectivity index (χ3n) is 3.33. The molecule has 6 heteroatoms. The standard InChI is InChI=1S/C16H20N4O2/c1-4-5-12-13(21-2)7-10(8-14(12)22-3)6-11-9-19-16(18)20-15(11)17/h4,7-9H,1,5-6H2,2-3H3,(H4,17,18,19,20). The quantitative estimate of drug-likeness (QED) is 0.792. The molecule has 22 heavy (non-hydrogen) atoms. The summed E-state index contributed by atoms with van der Waals surface area (Å²) in [6.45, 7) is 3.76. The number of hydrogen-bond acceptors (Lipinski definition) is 6. The smallest absolute Gasteiger partial charge is 0.221 e. The van der Waals surface area contributed by atoms with E-state index >= 15 is 0 Å². The van der Waals surface area contributed by atoms with Crippen LogP contribution in [0.3, 0.4) is 0 Å². The van der Waals surface area contributed by atoms with Crippen LogP contribution in [0.1, 0.15) is 16.7 Å². The molecule has 0 spiro atoms. The topological polar surface area (TPSA) is 96.3 Å². The number of allylic oxidation sites excluding steroid dienone is 1. The van der Waals surface area contributed by atoms with E-state index in [0.717, 1.165) is 28.2 Å². The number of ether oxygens (including phenoxy) is 2. The molecule has 0 atom stereocenters. The molecule has 2 aromatic rings. The maximum Gasteiger partial charge on any atom is 0.221 e. The zero-order valence-electron chi connectivity index (χ0n) is 12.8. The number of hydrogen-bond donors (Lipinski definition) is 2. The third kappa shape index (κ3) is 3.28. The Bertz CT molecular complexity index is 661. The average Bonchev–Trinajstić information content (AvgIpc) is 2.51. The minimum absolute atomic E-state index is 0.165. The summed E-state index contributed by atoms with van der Waals surface area (Å²) in [7, 11) is 3.26. The van der Waals surface area contributed by atoms with Crippen LogP contribution in [0.5, 0.6) is 11.5 Å². The molecule has 1 aromatic heterocycles. The van der Waals surface area contributed by atoms with Crippen LogP contribution < -0.4 is 20.9 Å². The van der Waals surface area contributed by atoms with Crippen LogP contribution in [0.2, 0.25) is 0 Å². The van der Waals surface area contributed by atoms with Gasteiger partial charge in [-0.15, -0.1) is 6.58 Å². The van der Waals surface area contributed by atoms with Gasteiger partial charge in [0.2, 0.25) is 5.95 Å². The third-order valence-corrected chi connectivity index (χ3v) is 3.33. The predicted octanol–water partition coefficient (Wildman–Crippen LogP) is 1.98. The lowest BCUT2D eigenvalue weighted by atomic mass is 10.0. The van der Waals surface area contributed by atoms with Gasteiger partial charge < -0.3 is 20.9 Å². The van der Waals surface area contributed by atoms with Crippen molar-refractivity contribution in [3.63, 3.8) is 0 Å². The summed E-state index contributed by atoms with van der Waals surface area (Å²) in [4.78, 5) is 7.95. The summed E-state index contributed by atoms with van der Waals surface area (Å²) in [5.41, 5.74) is 14.1. The lowest BCUT2D eigenvalue weighted by molar-refractivity contribution is 0.386. The minimum atomic E-state index is 0.165. The van der Waals surface area contributed by atoms with Gasteiger partial charge in [-0.05, 0) is 24.1 Å². The molecule has 0 amide bonds. The van der Waals surface area contributed by atoms with Gasteiger partial charge in [0.05, 0.1) is 14.2 Å². The van der Waals surface area contributed by atoms with Crippen molar-refractivity contribution in [3.8, 4) is 11.5 Å². The zero-order valence-corrected chi connectivity index (χ0v) is 12.8. The number of nitrogen functional groups attached to an aromatic ring is 2. The molecular weight excluding hydrogens is 280 g/mol. The fraction of sp³-hybridized carbons (Fsp3) is 0.250. The van der Waals surface area contributed by atoms with Crippen molar-refractivity contribution >= 4 is 11.8 Å². The second kappa shape index (κ2) is 6.80. The summed E-state index contributed by atoms with van der Waals surface area (Å²) >= 11 is 0. The van der Waals surface area contributed by atoms with Gasteiger partial charge in [0.15, 0.2) is 0 Å². The van der Waals surface area contributed by atoms with Gasteiger partial charge in [-0.2, -0.15) is 4.98 Å². The number of nitrogens with two attached hydrogens (primary N) is 2. The molecule has 0 saturated heterocycles. The number of nitrogens with zero attached hydrogens (tertiary/aromatic N) is 2. The Balaban J connectivity index is 2.41. The van der Waals surface area contributed by atoms with E-state index in [2.05, 4.69) is 16.5 Å². The van der Waals surface area contributed by atoms with Crippen LogP contribution in [-0.2, 0) is 12.8 Å². The lowest BCUT2D eigenvalue weighted by Gasteiger charge is -2.15. The Morgan fingerprint density at radius 1 is 1.18 bits per heavy atom. The first-order valence-electron chi connectivity index (χ1n) is 6.80. The molecule has 116 valence electrons. The van der Waals surface area contributed by atoms with Crippen molar-refractivity contribution < 1.29 is 9.47 Å². The molecule has 0 radical (unpaired) electrons. The maximum atomic E-state index is 5.88. The van der Waals surface area contributed by atoms with Crippen molar-refractivity contribution in [2.75, 3.05) is 25.7 Å². The van der Waals surface area contributed by atoms with Crippen LogP contribution >= 0.6 is 0 Å². The van der Waals surface area contributed by atoms with Gasteiger partial charge in [-0.3, -0.25) is 0 Å². The van der Waals surface area contributed by atoms with Gasteiger partial charge in [0.1, 0.15) is 17.3 Å². The van der Waals surface area contributed by atoms with E-state index in [1.807, 2.05) is 18.2 Å². The minimum Gasteiger partial charge on any atom is -0.496 e. The largest absolute Gasteiger partial charge is 0.496 e. The van der Waals surface area contributed by atoms with Crippen molar-refractivity contribution in [1.29, 1.82) is 0 Å². The first-order valence-corrected chi connectivity index (χ1v) is 6.80. The predicted molar refractivity (Wildman–Crippen MR) is 87.1 cm³/mol. The molecule has 1 aromatic carbocycles. The highest BCUT2D eigenvalue weighted by atomic mass is 16.5. The first kappa shape index (κ1) is 15.6. The molecule has 0 aliphatic carbocycles. The highest BCUT2D eigenvalue weighted by Crippen LogP contribution is 2.32. The summed E-state index contributed by atoms with van der Waals surface area (Å²) in [5, 5.41) is 0. The molecule has 6 nitrogen and oxygen atoms in total. The molecule has 0 bridgehead atoms.